The van der Waals surface area contributed by atoms with Crippen LogP contribution in [0.3, 0.4) is 0 Å². The van der Waals surface area contributed by atoms with Crippen LogP contribution in [-0.4, -0.2) is 6.52 Å². The number of hydrogen-bond donors (Lipinski definition) is 1. The van der Waals surface area contributed by atoms with Crippen LogP contribution < -0.4 is 5.32 Å². The molecule has 0 saturated carbocycles. The summed E-state index contributed by atoms with van der Waals surface area (Å²) >= 11 is 0. The van der Waals surface area contributed by atoms with Gasteiger partial charge in [-0.1, -0.05) is 18.2 Å². The van der Waals surface area contributed by atoms with Crippen LogP contribution >= 0.6 is 0 Å². The van der Waals surface area contributed by atoms with Gasteiger partial charge in [-0.3, -0.25) is 0 Å². The third-order valence-corrected chi connectivity index (χ3v) is 1.57. The maximum absolute atomic E-state index is 7.74. The minimum Gasteiger partial charge on any atom is -0.385 e. The van der Waals surface area contributed by atoms with Crippen molar-refractivity contribution in [2.24, 2.45) is 0 Å². The van der Waals surface area contributed by atoms with E-state index in [1.807, 2.05) is 24.3 Å². The van der Waals surface area contributed by atoms with E-state index in [-0.39, 0.29) is 0 Å². The van der Waals surface area contributed by atoms with Crippen molar-refractivity contribution >= 4 is 5.69 Å². The average Bonchev–Trinajstić information content (AvgIpc) is 2.15. The Labute approximate surface area is 65.3 Å². The first-order valence-corrected chi connectivity index (χ1v) is 3.32. The molecule has 0 spiro atoms. The lowest BCUT2D eigenvalue weighted by molar-refractivity contribution is 0.830. The lowest BCUT2D eigenvalue weighted by Gasteiger charge is -2.16. The summed E-state index contributed by atoms with van der Waals surface area (Å²) in [5.41, 5.74) is 1.65. The van der Waals surface area contributed by atoms with Gasteiger partial charge >= 0.3 is 0 Å². The number of fused-ring (bicyclic) bond motifs is 1. The van der Waals surface area contributed by atoms with Gasteiger partial charge in [0.15, 0.2) is 0 Å². The van der Waals surface area contributed by atoms with E-state index >= 15 is 0 Å². The van der Waals surface area contributed by atoms with Gasteiger partial charge in [-0.25, -0.2) is 0 Å². The Hall–Kier alpha value is -0.980. The largest absolute Gasteiger partial charge is 0.385 e. The van der Waals surface area contributed by atoms with Crippen LogP contribution in [0, 0.1) is 0 Å². The Bertz CT molecular complexity index is 315. The summed E-state index contributed by atoms with van der Waals surface area (Å²) in [4.78, 5) is 0. The molecule has 0 saturated heterocycles. The molecule has 1 heteroatoms. The van der Waals surface area contributed by atoms with Gasteiger partial charge in [-0.05, 0) is 24.4 Å². The summed E-state index contributed by atoms with van der Waals surface area (Å²) in [6, 6.07) is 7.42. The zero-order valence-electron chi connectivity index (χ0n) is 8.54. The summed E-state index contributed by atoms with van der Waals surface area (Å²) in [5.74, 6) is 0. The maximum atomic E-state index is 7.74. The summed E-state index contributed by atoms with van der Waals surface area (Å²) in [7, 11) is 0. The molecule has 1 nitrogen and oxygen atoms in total. The van der Waals surface area contributed by atoms with Crippen LogP contribution in [0.1, 0.15) is 16.1 Å². The smallest absolute Gasteiger partial charge is 0.0490 e. The standard InChI is InChI=1S/C9H11N/c1-2-6-9-8(4-1)5-3-7-10-9/h1-2,4,6,10H,3,5,7H2/i3D,5D,7D. The fraction of sp³-hybridized carbons (Fsp3) is 0.333. The SMILES string of the molecule is [2H]C1Nc2ccccc2C([2H])C1[2H]. The molecule has 10 heavy (non-hydrogen) atoms. The highest BCUT2D eigenvalue weighted by Gasteiger charge is 2.04. The predicted molar refractivity (Wildman–Crippen MR) is 43.3 cm³/mol. The normalized spacial score (nSPS) is 42.0. The van der Waals surface area contributed by atoms with Gasteiger partial charge in [0.2, 0.25) is 0 Å². The first-order valence-electron chi connectivity index (χ1n) is 5.05. The minimum atomic E-state index is -0.699. The molecular weight excluding hydrogens is 122 g/mol. The van der Waals surface area contributed by atoms with Crippen molar-refractivity contribution in [1.29, 1.82) is 0 Å². The quantitative estimate of drug-likeness (QED) is 0.575. The Balaban J connectivity index is 2.43. The molecule has 0 bridgehead atoms. The number of aryl methyl sites for hydroxylation is 1. The van der Waals surface area contributed by atoms with Crippen LogP contribution in [-0.2, 0) is 6.40 Å². The average molecular weight is 136 g/mol. The zero-order chi connectivity index (χ0) is 9.42. The predicted octanol–water partition coefficient (Wildman–Crippen LogP) is 2.04. The Morgan fingerprint density at radius 3 is 3.30 bits per heavy atom. The van der Waals surface area contributed by atoms with E-state index in [0.717, 1.165) is 11.3 Å². The van der Waals surface area contributed by atoms with E-state index in [9.17, 15) is 0 Å². The maximum Gasteiger partial charge on any atom is 0.0490 e. The second-order valence-corrected chi connectivity index (χ2v) is 2.26. The molecule has 1 aliphatic heterocycles. The van der Waals surface area contributed by atoms with Crippen LogP contribution in [0.25, 0.3) is 0 Å². The van der Waals surface area contributed by atoms with Gasteiger partial charge in [-0.15, -0.1) is 0 Å². The summed E-state index contributed by atoms with van der Waals surface area (Å²) in [6.45, 7) is -0.683. The lowest BCUT2D eigenvalue weighted by atomic mass is 10.0. The number of anilines is 1. The first-order chi connectivity index (χ1) is 6.20. The molecule has 1 aromatic rings. The fourth-order valence-corrected chi connectivity index (χ4v) is 1.06. The van der Waals surface area contributed by atoms with Gasteiger partial charge in [0.25, 0.3) is 0 Å². The van der Waals surface area contributed by atoms with Crippen molar-refractivity contribution in [1.82, 2.24) is 0 Å². The molecule has 0 fully saturated rings. The van der Waals surface area contributed by atoms with Crippen molar-refractivity contribution in [3.8, 4) is 0 Å². The molecule has 3 atom stereocenters. The molecule has 3 unspecified atom stereocenters. The monoisotopic (exact) mass is 136 g/mol. The molecule has 0 aliphatic carbocycles. The number of hydrogen-bond acceptors (Lipinski definition) is 1. The fourth-order valence-electron chi connectivity index (χ4n) is 1.06. The molecule has 0 radical (unpaired) electrons. The number of benzene rings is 1. The van der Waals surface area contributed by atoms with Crippen molar-refractivity contribution in [3.63, 3.8) is 0 Å². The van der Waals surface area contributed by atoms with Crippen molar-refractivity contribution in [2.75, 3.05) is 11.8 Å². The molecule has 0 amide bonds. The second-order valence-electron chi connectivity index (χ2n) is 2.26. The van der Waals surface area contributed by atoms with E-state index in [4.69, 9.17) is 4.11 Å². The van der Waals surface area contributed by atoms with Crippen LogP contribution in [0.4, 0.5) is 5.69 Å². The summed E-state index contributed by atoms with van der Waals surface area (Å²) in [6.07, 6.45) is -1.30. The Morgan fingerprint density at radius 2 is 2.30 bits per heavy atom. The number of para-hydroxylation sites is 1. The highest BCUT2D eigenvalue weighted by molar-refractivity contribution is 5.52. The molecule has 1 N–H and O–H groups in total. The van der Waals surface area contributed by atoms with Crippen molar-refractivity contribution in [2.45, 2.75) is 12.8 Å². The third kappa shape index (κ3) is 0.878. The van der Waals surface area contributed by atoms with E-state index in [1.165, 1.54) is 0 Å². The number of nitrogens with one attached hydrogen (secondary N) is 1. The van der Waals surface area contributed by atoms with E-state index in [0.29, 0.717) is 0 Å². The molecular formula is C9H11N. The molecule has 1 heterocycles. The second kappa shape index (κ2) is 2.33. The van der Waals surface area contributed by atoms with Gasteiger partial charge in [-0.2, -0.15) is 0 Å². The van der Waals surface area contributed by atoms with Crippen LogP contribution in [0.5, 0.6) is 0 Å². The van der Waals surface area contributed by atoms with E-state index in [2.05, 4.69) is 5.32 Å². The zero-order valence-corrected chi connectivity index (χ0v) is 5.54. The minimum absolute atomic E-state index is 0.597. The molecule has 1 aliphatic rings. The van der Waals surface area contributed by atoms with Gasteiger partial charge < -0.3 is 5.32 Å². The first kappa shape index (κ1) is 3.42. The molecule has 2 rings (SSSR count). The third-order valence-electron chi connectivity index (χ3n) is 1.57. The van der Waals surface area contributed by atoms with Gasteiger partial charge in [0, 0.05) is 16.3 Å². The molecule has 52 valence electrons. The van der Waals surface area contributed by atoms with Crippen molar-refractivity contribution < 1.29 is 4.11 Å². The summed E-state index contributed by atoms with van der Waals surface area (Å²) < 4.78 is 22.8. The van der Waals surface area contributed by atoms with Crippen LogP contribution in [0.2, 0.25) is 0 Å². The Morgan fingerprint density at radius 1 is 1.40 bits per heavy atom. The van der Waals surface area contributed by atoms with Gasteiger partial charge in [0.1, 0.15) is 0 Å². The number of rotatable bonds is 0. The van der Waals surface area contributed by atoms with Gasteiger partial charge in [0.05, 0.1) is 0 Å². The highest BCUT2D eigenvalue weighted by Crippen LogP contribution is 2.19. The lowest BCUT2D eigenvalue weighted by Crippen LogP contribution is -2.10. The topological polar surface area (TPSA) is 12.0 Å². The van der Waals surface area contributed by atoms with E-state index in [1.54, 1.807) is 0 Å². The van der Waals surface area contributed by atoms with E-state index < -0.39 is 19.3 Å². The molecule has 1 aromatic carbocycles. The van der Waals surface area contributed by atoms with Crippen molar-refractivity contribution in [3.05, 3.63) is 29.8 Å². The Kier molecular flexibility index (Phi) is 0.798. The summed E-state index contributed by atoms with van der Waals surface area (Å²) in [5, 5.41) is 2.90. The van der Waals surface area contributed by atoms with Crippen LogP contribution in [0.15, 0.2) is 24.3 Å². The highest BCUT2D eigenvalue weighted by atomic mass is 14.9. The molecule has 0 aromatic heterocycles.